The molecule has 0 aromatic heterocycles. The monoisotopic (exact) mass is 232 g/mol. The summed E-state index contributed by atoms with van der Waals surface area (Å²) in [6, 6.07) is 5.66. The van der Waals surface area contributed by atoms with Crippen LogP contribution in [-0.2, 0) is 10.4 Å². The molecule has 0 saturated heterocycles. The number of para-hydroxylation sites is 1. The van der Waals surface area contributed by atoms with Crippen molar-refractivity contribution >= 4 is 5.97 Å². The van der Waals surface area contributed by atoms with E-state index in [1.54, 1.807) is 6.07 Å². The van der Waals surface area contributed by atoms with Crippen LogP contribution in [0.25, 0.3) is 0 Å². The fraction of sp³-hybridized carbons (Fsp3) is 0.500. The van der Waals surface area contributed by atoms with Crippen LogP contribution in [0.3, 0.4) is 0 Å². The molecule has 3 heteroatoms. The summed E-state index contributed by atoms with van der Waals surface area (Å²) in [7, 11) is 0. The largest absolute Gasteiger partial charge is 0.423 e. The number of benzene rings is 1. The van der Waals surface area contributed by atoms with Gasteiger partial charge in [-0.25, -0.2) is 4.79 Å². The van der Waals surface area contributed by atoms with Gasteiger partial charge in [0.2, 0.25) is 0 Å². The first kappa shape index (κ1) is 10.8. The Morgan fingerprint density at radius 1 is 1.47 bits per heavy atom. The molecule has 1 heterocycles. The number of ether oxygens (including phenoxy) is 1. The van der Waals surface area contributed by atoms with Crippen molar-refractivity contribution in [2.45, 2.75) is 38.2 Å². The van der Waals surface area contributed by atoms with Gasteiger partial charge in [-0.15, -0.1) is 0 Å². The molecular formula is C14H16O3. The average Bonchev–Trinajstić information content (AvgIpc) is 3.08. The molecule has 1 aliphatic carbocycles. The van der Waals surface area contributed by atoms with Crippen LogP contribution in [0, 0.1) is 5.92 Å². The zero-order chi connectivity index (χ0) is 12.2. The summed E-state index contributed by atoms with van der Waals surface area (Å²) < 4.78 is 5.26. The van der Waals surface area contributed by atoms with Gasteiger partial charge in [0.05, 0.1) is 0 Å². The summed E-state index contributed by atoms with van der Waals surface area (Å²) in [5, 5.41) is 10.1. The molecule has 2 atom stereocenters. The molecule has 0 amide bonds. The molecule has 1 aromatic rings. The fourth-order valence-corrected chi connectivity index (χ4v) is 2.56. The lowest BCUT2D eigenvalue weighted by Crippen LogP contribution is -2.29. The van der Waals surface area contributed by atoms with Crippen molar-refractivity contribution < 1.29 is 14.6 Å². The van der Waals surface area contributed by atoms with E-state index in [0.29, 0.717) is 23.1 Å². The van der Waals surface area contributed by atoms with Gasteiger partial charge in [-0.05, 0) is 37.2 Å². The first-order valence-corrected chi connectivity index (χ1v) is 6.10. The molecule has 1 aliphatic heterocycles. The molecule has 1 unspecified atom stereocenters. The van der Waals surface area contributed by atoms with Crippen molar-refractivity contribution in [1.29, 1.82) is 0 Å². The van der Waals surface area contributed by atoms with Crippen LogP contribution in [-0.4, -0.2) is 11.1 Å². The third-order valence-electron chi connectivity index (χ3n) is 3.98. The molecule has 3 rings (SSSR count). The van der Waals surface area contributed by atoms with Crippen molar-refractivity contribution in [2.75, 3.05) is 0 Å². The summed E-state index contributed by atoms with van der Waals surface area (Å²) in [6.07, 6.45) is 2.49. The molecule has 90 valence electrons. The molecule has 2 aliphatic rings. The Morgan fingerprint density at radius 3 is 2.82 bits per heavy atom. The molecule has 0 spiro atoms. The fourth-order valence-electron chi connectivity index (χ4n) is 2.56. The van der Waals surface area contributed by atoms with Crippen LogP contribution in [0.1, 0.15) is 43.7 Å². The Labute approximate surface area is 100 Å². The highest BCUT2D eigenvalue weighted by molar-refractivity contribution is 5.89. The summed E-state index contributed by atoms with van der Waals surface area (Å²) >= 11 is 0. The van der Waals surface area contributed by atoms with Crippen LogP contribution in [0.2, 0.25) is 0 Å². The number of aliphatic hydroxyl groups is 1. The van der Waals surface area contributed by atoms with Crippen LogP contribution in [0.5, 0.6) is 5.75 Å². The van der Waals surface area contributed by atoms with Crippen molar-refractivity contribution in [2.24, 2.45) is 5.92 Å². The van der Waals surface area contributed by atoms with Gasteiger partial charge in [-0.1, -0.05) is 25.1 Å². The van der Waals surface area contributed by atoms with Gasteiger partial charge in [0.25, 0.3) is 0 Å². The van der Waals surface area contributed by atoms with E-state index < -0.39 is 11.6 Å². The minimum atomic E-state index is -1.49. The number of hydrogen-bond donors (Lipinski definition) is 1. The van der Waals surface area contributed by atoms with Gasteiger partial charge in [-0.2, -0.15) is 0 Å². The van der Waals surface area contributed by atoms with Gasteiger partial charge in [-0.3, -0.25) is 0 Å². The van der Waals surface area contributed by atoms with Crippen molar-refractivity contribution in [3.8, 4) is 5.75 Å². The van der Waals surface area contributed by atoms with E-state index >= 15 is 0 Å². The average molecular weight is 232 g/mol. The number of hydrogen-bond acceptors (Lipinski definition) is 3. The van der Waals surface area contributed by atoms with E-state index in [1.807, 2.05) is 12.1 Å². The minimum absolute atomic E-state index is 0.395. The number of carbonyl (C=O) groups excluding carboxylic acids is 1. The van der Waals surface area contributed by atoms with Crippen LogP contribution in [0.15, 0.2) is 18.2 Å². The van der Waals surface area contributed by atoms with E-state index in [1.165, 1.54) is 19.8 Å². The number of fused-ring (bicyclic) bond motifs is 1. The van der Waals surface area contributed by atoms with Gasteiger partial charge < -0.3 is 9.84 Å². The summed E-state index contributed by atoms with van der Waals surface area (Å²) in [4.78, 5) is 11.6. The number of rotatable bonds is 2. The van der Waals surface area contributed by atoms with Crippen LogP contribution < -0.4 is 4.74 Å². The third kappa shape index (κ3) is 1.49. The van der Waals surface area contributed by atoms with Crippen LogP contribution in [0.4, 0.5) is 0 Å². The van der Waals surface area contributed by atoms with Gasteiger partial charge in [0, 0.05) is 5.56 Å². The van der Waals surface area contributed by atoms with Gasteiger partial charge >= 0.3 is 5.97 Å². The Balaban J connectivity index is 2.09. The van der Waals surface area contributed by atoms with E-state index in [9.17, 15) is 9.90 Å². The first-order chi connectivity index (χ1) is 8.01. The molecule has 1 saturated carbocycles. The van der Waals surface area contributed by atoms with Gasteiger partial charge in [0.15, 0.2) is 5.60 Å². The summed E-state index contributed by atoms with van der Waals surface area (Å²) in [5.74, 6) is 1.11. The highest BCUT2D eigenvalue weighted by Crippen LogP contribution is 2.49. The lowest BCUT2D eigenvalue weighted by Gasteiger charge is -2.15. The van der Waals surface area contributed by atoms with Crippen molar-refractivity contribution in [3.63, 3.8) is 0 Å². The SMILES string of the molecule is CC(c1cccc2c1OC(=O)[C@@]2(C)O)C1CC1. The molecular weight excluding hydrogens is 216 g/mol. The van der Waals surface area contributed by atoms with E-state index in [2.05, 4.69) is 6.92 Å². The minimum Gasteiger partial charge on any atom is -0.423 e. The van der Waals surface area contributed by atoms with Crippen LogP contribution >= 0.6 is 0 Å². The maximum atomic E-state index is 11.6. The molecule has 3 nitrogen and oxygen atoms in total. The Morgan fingerprint density at radius 2 is 2.18 bits per heavy atom. The first-order valence-electron chi connectivity index (χ1n) is 6.10. The second kappa shape index (κ2) is 3.33. The predicted octanol–water partition coefficient (Wildman–Crippen LogP) is 2.33. The van der Waals surface area contributed by atoms with Crippen molar-refractivity contribution in [1.82, 2.24) is 0 Å². The molecule has 0 radical (unpaired) electrons. The van der Waals surface area contributed by atoms with Crippen molar-refractivity contribution in [3.05, 3.63) is 29.3 Å². The molecule has 17 heavy (non-hydrogen) atoms. The zero-order valence-electron chi connectivity index (χ0n) is 10.1. The lowest BCUT2D eigenvalue weighted by molar-refractivity contribution is -0.150. The zero-order valence-corrected chi connectivity index (χ0v) is 10.1. The maximum absolute atomic E-state index is 11.6. The molecule has 1 aromatic carbocycles. The standard InChI is InChI=1S/C14H16O3/c1-8(9-6-7-9)10-4-3-5-11-12(10)17-13(15)14(11,2)16/h3-5,8-9,16H,6-7H2,1-2H3/t8?,14-/m0/s1. The Hall–Kier alpha value is -1.35. The Bertz CT molecular complexity index is 486. The summed E-state index contributed by atoms with van der Waals surface area (Å²) in [5.41, 5.74) is 0.165. The second-order valence-electron chi connectivity index (χ2n) is 5.31. The Kier molecular flexibility index (Phi) is 2.11. The molecule has 1 fully saturated rings. The number of carbonyl (C=O) groups is 1. The molecule has 0 bridgehead atoms. The second-order valence-corrected chi connectivity index (χ2v) is 5.31. The quantitative estimate of drug-likeness (QED) is 0.628. The van der Waals surface area contributed by atoms with E-state index in [-0.39, 0.29) is 0 Å². The topological polar surface area (TPSA) is 46.5 Å². The maximum Gasteiger partial charge on any atom is 0.348 e. The highest BCUT2D eigenvalue weighted by atomic mass is 16.6. The van der Waals surface area contributed by atoms with E-state index in [4.69, 9.17) is 4.74 Å². The number of esters is 1. The highest BCUT2D eigenvalue weighted by Gasteiger charge is 2.45. The van der Waals surface area contributed by atoms with Gasteiger partial charge in [0.1, 0.15) is 5.75 Å². The third-order valence-corrected chi connectivity index (χ3v) is 3.98. The predicted molar refractivity (Wildman–Crippen MR) is 62.8 cm³/mol. The smallest absolute Gasteiger partial charge is 0.348 e. The van der Waals surface area contributed by atoms with E-state index in [0.717, 1.165) is 5.56 Å². The summed E-state index contributed by atoms with van der Waals surface area (Å²) in [6.45, 7) is 3.65. The normalized spacial score (nSPS) is 28.8. The lowest BCUT2D eigenvalue weighted by atomic mass is 9.90. The molecule has 1 N–H and O–H groups in total.